The highest BCUT2D eigenvalue weighted by molar-refractivity contribution is 7.99. The number of halogens is 1. The summed E-state index contributed by atoms with van der Waals surface area (Å²) in [4.78, 5) is 45.1. The zero-order valence-corrected chi connectivity index (χ0v) is 27.7. The van der Waals surface area contributed by atoms with Crippen LogP contribution in [0.4, 0.5) is 15.8 Å². The lowest BCUT2D eigenvalue weighted by atomic mass is 10.3. The van der Waals surface area contributed by atoms with Gasteiger partial charge in [-0.15, -0.1) is 12.6 Å². The van der Waals surface area contributed by atoms with Crippen molar-refractivity contribution in [1.82, 2.24) is 0 Å². The van der Waals surface area contributed by atoms with Crippen molar-refractivity contribution in [3.8, 4) is 23.0 Å². The quantitative estimate of drug-likeness (QED) is 0.0602. The molecule has 0 fully saturated rings. The molecule has 4 rings (SSSR count). The van der Waals surface area contributed by atoms with Gasteiger partial charge >= 0.3 is 23.3 Å². The molecule has 0 unspecified atom stereocenters. The van der Waals surface area contributed by atoms with E-state index in [2.05, 4.69) is 17.4 Å². The minimum Gasteiger partial charge on any atom is -0.508 e. The van der Waals surface area contributed by atoms with Crippen LogP contribution in [0.1, 0.15) is 13.8 Å². The van der Waals surface area contributed by atoms with E-state index in [0.717, 1.165) is 28.0 Å². The second-order valence-electron chi connectivity index (χ2n) is 9.06. The molecule has 0 atom stereocenters. The predicted octanol–water partition coefficient (Wildman–Crippen LogP) is 6.75. The second-order valence-corrected chi connectivity index (χ2v) is 10.7. The van der Waals surface area contributed by atoms with Crippen LogP contribution < -0.4 is 9.47 Å². The molecule has 0 aromatic heterocycles. The molecule has 0 amide bonds. The first kappa shape index (κ1) is 39.6. The van der Waals surface area contributed by atoms with Crippen LogP contribution in [0.3, 0.4) is 0 Å². The maximum Gasteiger partial charge on any atom is 0.344 e. The van der Waals surface area contributed by atoms with Crippen LogP contribution in [-0.4, -0.2) is 58.4 Å². The Kier molecular flexibility index (Phi) is 16.7. The van der Waals surface area contributed by atoms with Gasteiger partial charge in [0.1, 0.15) is 17.3 Å². The number of hydrogen-bond acceptors (Lipinski definition) is 14. The van der Waals surface area contributed by atoms with Gasteiger partial charge in [-0.3, -0.25) is 20.2 Å². The smallest absolute Gasteiger partial charge is 0.344 e. The van der Waals surface area contributed by atoms with Crippen molar-refractivity contribution in [2.45, 2.75) is 28.5 Å². The van der Waals surface area contributed by atoms with E-state index in [-0.39, 0.29) is 41.9 Å². The average molecular weight is 719 g/mol. The summed E-state index contributed by atoms with van der Waals surface area (Å²) >= 11 is 5.37. The molecular weight excluding hydrogens is 687 g/mol. The first-order valence-electron chi connectivity index (χ1n) is 14.1. The number of nitrogens with zero attached hydrogens (tertiary/aromatic N) is 2. The van der Waals surface area contributed by atoms with E-state index < -0.39 is 46.5 Å². The molecule has 17 heteroatoms. The van der Waals surface area contributed by atoms with E-state index in [1.807, 2.05) is 0 Å². The number of phenolic OH excluding ortho intramolecular Hbond substituents is 2. The fourth-order valence-corrected chi connectivity index (χ4v) is 4.36. The van der Waals surface area contributed by atoms with Gasteiger partial charge in [-0.2, -0.15) is 0 Å². The zero-order valence-electron chi connectivity index (χ0n) is 26.0. The molecule has 0 aliphatic carbocycles. The number of thiol groups is 1. The van der Waals surface area contributed by atoms with Crippen LogP contribution in [0.15, 0.2) is 99.6 Å². The largest absolute Gasteiger partial charge is 0.508 e. The predicted molar refractivity (Wildman–Crippen MR) is 178 cm³/mol. The fraction of sp³-hybridized carbons (Fsp3) is 0.188. The Hall–Kier alpha value is -5.55. The van der Waals surface area contributed by atoms with Crippen molar-refractivity contribution >= 4 is 47.7 Å². The Morgan fingerprint density at radius 1 is 0.714 bits per heavy atom. The van der Waals surface area contributed by atoms with Gasteiger partial charge in [0.05, 0.1) is 23.1 Å². The molecule has 0 saturated heterocycles. The van der Waals surface area contributed by atoms with Gasteiger partial charge in [0.15, 0.2) is 19.0 Å². The fourth-order valence-electron chi connectivity index (χ4n) is 3.36. The van der Waals surface area contributed by atoms with Gasteiger partial charge in [-0.05, 0) is 74.5 Å². The summed E-state index contributed by atoms with van der Waals surface area (Å²) in [5.74, 6) is -1.83. The monoisotopic (exact) mass is 718 g/mol. The molecule has 2 N–H and O–H groups in total. The summed E-state index contributed by atoms with van der Waals surface area (Å²) in [5, 5.41) is 39.7. The molecule has 0 aliphatic rings. The SMILES string of the molecule is CCOC(=O)COc1cc(F)ccc1[N+](=O)[O-].CCOC(=O)COc1cc(Sc2ccc(O)cc2)ccc1[N+](=O)[O-].Oc1ccc(S)cc1. The number of esters is 2. The van der Waals surface area contributed by atoms with Gasteiger partial charge in [-0.25, -0.2) is 14.0 Å². The number of ether oxygens (including phenoxy) is 4. The maximum atomic E-state index is 12.9. The highest BCUT2D eigenvalue weighted by Gasteiger charge is 2.18. The van der Waals surface area contributed by atoms with E-state index in [9.17, 15) is 39.3 Å². The highest BCUT2D eigenvalue weighted by Crippen LogP contribution is 2.35. The van der Waals surface area contributed by atoms with E-state index in [1.165, 1.54) is 23.9 Å². The average Bonchev–Trinajstić information content (AvgIpc) is 3.06. The number of benzene rings is 4. The lowest BCUT2D eigenvalue weighted by molar-refractivity contribution is -0.386. The molecule has 0 spiro atoms. The zero-order chi connectivity index (χ0) is 36.3. The van der Waals surface area contributed by atoms with Crippen LogP contribution in [0.2, 0.25) is 0 Å². The molecular formula is C32H31FN2O12S2. The first-order chi connectivity index (χ1) is 23.3. The Labute approximate surface area is 289 Å². The topological polar surface area (TPSA) is 198 Å². The van der Waals surface area contributed by atoms with Crippen LogP contribution in [0.5, 0.6) is 23.0 Å². The lowest BCUT2D eigenvalue weighted by Gasteiger charge is -2.08. The van der Waals surface area contributed by atoms with Gasteiger partial charge in [0, 0.05) is 39.0 Å². The number of hydrogen-bond donors (Lipinski definition) is 3. The summed E-state index contributed by atoms with van der Waals surface area (Å²) in [7, 11) is 0. The van der Waals surface area contributed by atoms with Crippen molar-refractivity contribution in [1.29, 1.82) is 0 Å². The van der Waals surface area contributed by atoms with Gasteiger partial charge in [-0.1, -0.05) is 11.8 Å². The number of carbonyl (C=O) groups excluding carboxylic acids is 2. The molecule has 0 aliphatic heterocycles. The molecule has 0 bridgehead atoms. The third-order valence-electron chi connectivity index (χ3n) is 5.47. The van der Waals surface area contributed by atoms with Gasteiger partial charge < -0.3 is 29.2 Å². The van der Waals surface area contributed by atoms with Crippen LogP contribution >= 0.6 is 24.4 Å². The molecule has 260 valence electrons. The van der Waals surface area contributed by atoms with Crippen molar-refractivity contribution in [3.05, 3.63) is 111 Å². The van der Waals surface area contributed by atoms with E-state index in [0.29, 0.717) is 4.90 Å². The third-order valence-corrected chi connectivity index (χ3v) is 6.77. The number of nitro groups is 2. The Morgan fingerprint density at radius 2 is 1.14 bits per heavy atom. The molecule has 14 nitrogen and oxygen atoms in total. The molecule has 0 radical (unpaired) electrons. The van der Waals surface area contributed by atoms with Gasteiger partial charge in [0.2, 0.25) is 5.75 Å². The maximum absolute atomic E-state index is 12.9. The van der Waals surface area contributed by atoms with Gasteiger partial charge in [0.25, 0.3) is 0 Å². The highest BCUT2D eigenvalue weighted by atomic mass is 32.2. The number of nitro benzene ring substituents is 2. The van der Waals surface area contributed by atoms with E-state index in [4.69, 9.17) is 19.3 Å². The molecule has 0 saturated carbocycles. The van der Waals surface area contributed by atoms with Crippen LogP contribution in [0, 0.1) is 26.0 Å². The first-order valence-corrected chi connectivity index (χ1v) is 15.3. The van der Waals surface area contributed by atoms with Crippen molar-refractivity contribution in [2.75, 3.05) is 26.4 Å². The number of carbonyl (C=O) groups is 2. The standard InChI is InChI=1S/C16H15NO6S.C10H10FNO5.C6H6OS/c1-2-22-16(19)10-23-15-9-13(7-8-14(15)17(20)21)24-12-5-3-11(18)4-6-12;1-2-16-10(13)6-17-9-5-7(11)3-4-8(9)12(14)15;7-5-1-3-6(8)4-2-5/h3-9,18H,2,10H2,1H3;3-5H,2,6H2,1H3;1-4,7-8H. The van der Waals surface area contributed by atoms with E-state index in [1.54, 1.807) is 68.4 Å². The normalized spacial score (nSPS) is 9.88. The minimum atomic E-state index is -0.722. The lowest BCUT2D eigenvalue weighted by Crippen LogP contribution is -2.15. The Morgan fingerprint density at radius 3 is 1.59 bits per heavy atom. The Balaban J connectivity index is 0.000000288. The minimum absolute atomic E-state index is 0.00293. The number of phenols is 2. The Bertz CT molecular complexity index is 1690. The van der Waals surface area contributed by atoms with E-state index >= 15 is 0 Å². The second kappa shape index (κ2) is 20.6. The van der Waals surface area contributed by atoms with Crippen LogP contribution in [0.25, 0.3) is 0 Å². The summed E-state index contributed by atoms with van der Waals surface area (Å²) in [6.45, 7) is 2.76. The molecule has 49 heavy (non-hydrogen) atoms. The van der Waals surface area contributed by atoms with Crippen molar-refractivity contribution < 1.29 is 53.0 Å². The van der Waals surface area contributed by atoms with Crippen LogP contribution in [-0.2, 0) is 19.1 Å². The number of aromatic hydroxyl groups is 2. The third kappa shape index (κ3) is 14.8. The summed E-state index contributed by atoms with van der Waals surface area (Å²) in [6, 6.07) is 20.4. The summed E-state index contributed by atoms with van der Waals surface area (Å²) in [6.07, 6.45) is 0. The van der Waals surface area contributed by atoms with Crippen molar-refractivity contribution in [3.63, 3.8) is 0 Å². The van der Waals surface area contributed by atoms with Crippen molar-refractivity contribution in [2.24, 2.45) is 0 Å². The molecule has 4 aromatic rings. The molecule has 4 aromatic carbocycles. The summed E-state index contributed by atoms with van der Waals surface area (Å²) < 4.78 is 32.2. The number of rotatable bonds is 12. The summed E-state index contributed by atoms with van der Waals surface area (Å²) in [5.41, 5.74) is -0.634. The molecule has 0 heterocycles.